The molecule has 0 unspecified atom stereocenters. The van der Waals surface area contributed by atoms with E-state index in [-0.39, 0.29) is 0 Å². The molecule has 0 aromatic heterocycles. The Hall–Kier alpha value is 0.440. The lowest BCUT2D eigenvalue weighted by Crippen LogP contribution is -2.22. The molecular formula is C9H20BrN. The van der Waals surface area contributed by atoms with Crippen molar-refractivity contribution in [1.29, 1.82) is 0 Å². The zero-order valence-electron chi connectivity index (χ0n) is 7.94. The van der Waals surface area contributed by atoms with Crippen molar-refractivity contribution in [3.63, 3.8) is 0 Å². The first-order valence-electron chi connectivity index (χ1n) is 4.41. The van der Waals surface area contributed by atoms with Crippen molar-refractivity contribution in [2.24, 2.45) is 5.92 Å². The van der Waals surface area contributed by atoms with Gasteiger partial charge in [-0.15, -0.1) is 0 Å². The third-order valence-electron chi connectivity index (χ3n) is 1.76. The van der Waals surface area contributed by atoms with Crippen LogP contribution >= 0.6 is 15.9 Å². The van der Waals surface area contributed by atoms with Gasteiger partial charge in [0, 0.05) is 5.33 Å². The summed E-state index contributed by atoms with van der Waals surface area (Å²) < 4.78 is 0. The van der Waals surface area contributed by atoms with Crippen LogP contribution in [0.25, 0.3) is 0 Å². The van der Waals surface area contributed by atoms with Gasteiger partial charge in [0.1, 0.15) is 0 Å². The fourth-order valence-corrected chi connectivity index (χ4v) is 1.17. The lowest BCUT2D eigenvalue weighted by Gasteiger charge is -2.16. The second kappa shape index (κ2) is 7.11. The van der Waals surface area contributed by atoms with E-state index in [1.807, 2.05) is 0 Å². The molecule has 0 N–H and O–H groups in total. The van der Waals surface area contributed by atoms with E-state index in [0.717, 1.165) is 11.2 Å². The SMILES string of the molecule is CC(C)CCN(C)CCCBr. The quantitative estimate of drug-likeness (QED) is 0.624. The third kappa shape index (κ3) is 8.35. The molecular weight excluding hydrogens is 202 g/mol. The third-order valence-corrected chi connectivity index (χ3v) is 2.32. The van der Waals surface area contributed by atoms with Crippen LogP contribution in [0.4, 0.5) is 0 Å². The van der Waals surface area contributed by atoms with Crippen LogP contribution in [0.1, 0.15) is 26.7 Å². The van der Waals surface area contributed by atoms with E-state index in [4.69, 9.17) is 0 Å². The predicted octanol–water partition coefficient (Wildman–Crippen LogP) is 2.75. The summed E-state index contributed by atoms with van der Waals surface area (Å²) in [5, 5.41) is 1.12. The molecule has 0 bridgehead atoms. The summed E-state index contributed by atoms with van der Waals surface area (Å²) in [6.45, 7) is 7.01. The molecule has 11 heavy (non-hydrogen) atoms. The van der Waals surface area contributed by atoms with Crippen LogP contribution in [0.15, 0.2) is 0 Å². The molecule has 0 aromatic carbocycles. The van der Waals surface area contributed by atoms with E-state index in [2.05, 4.69) is 41.7 Å². The minimum absolute atomic E-state index is 0.835. The van der Waals surface area contributed by atoms with Gasteiger partial charge in [0.15, 0.2) is 0 Å². The van der Waals surface area contributed by atoms with Crippen LogP contribution in [0.3, 0.4) is 0 Å². The highest BCUT2D eigenvalue weighted by Gasteiger charge is 1.98. The monoisotopic (exact) mass is 221 g/mol. The van der Waals surface area contributed by atoms with E-state index in [1.165, 1.54) is 25.9 Å². The summed E-state index contributed by atoms with van der Waals surface area (Å²) in [7, 11) is 2.20. The van der Waals surface area contributed by atoms with Crippen LogP contribution in [0.2, 0.25) is 0 Å². The van der Waals surface area contributed by atoms with Crippen LogP contribution in [0, 0.1) is 5.92 Å². The lowest BCUT2D eigenvalue weighted by atomic mass is 10.1. The molecule has 0 aliphatic carbocycles. The Morgan fingerprint density at radius 1 is 1.27 bits per heavy atom. The summed E-state index contributed by atoms with van der Waals surface area (Å²) in [5.74, 6) is 0.835. The van der Waals surface area contributed by atoms with Crippen LogP contribution in [-0.2, 0) is 0 Å². The van der Waals surface area contributed by atoms with Gasteiger partial charge in [0.25, 0.3) is 0 Å². The first-order chi connectivity index (χ1) is 5.16. The molecule has 0 aliphatic rings. The molecule has 68 valence electrons. The van der Waals surface area contributed by atoms with Gasteiger partial charge in [-0.1, -0.05) is 29.8 Å². The molecule has 0 saturated heterocycles. The molecule has 0 fully saturated rings. The molecule has 0 amide bonds. The smallest absolute Gasteiger partial charge is 0.00434 e. The Balaban J connectivity index is 3.15. The predicted molar refractivity (Wildman–Crippen MR) is 55.4 cm³/mol. The Morgan fingerprint density at radius 2 is 1.91 bits per heavy atom. The van der Waals surface area contributed by atoms with Crippen molar-refractivity contribution in [3.05, 3.63) is 0 Å². The number of hydrogen-bond acceptors (Lipinski definition) is 1. The molecule has 0 atom stereocenters. The number of nitrogens with zero attached hydrogens (tertiary/aromatic N) is 1. The summed E-state index contributed by atoms with van der Waals surface area (Å²) >= 11 is 3.43. The number of rotatable bonds is 6. The van der Waals surface area contributed by atoms with E-state index in [9.17, 15) is 0 Å². The summed E-state index contributed by atoms with van der Waals surface area (Å²) in [6, 6.07) is 0. The van der Waals surface area contributed by atoms with Crippen molar-refractivity contribution in [2.45, 2.75) is 26.7 Å². The highest BCUT2D eigenvalue weighted by molar-refractivity contribution is 9.09. The molecule has 0 rings (SSSR count). The Bertz CT molecular complexity index is 83.6. The zero-order valence-corrected chi connectivity index (χ0v) is 9.52. The van der Waals surface area contributed by atoms with Crippen molar-refractivity contribution in [1.82, 2.24) is 4.90 Å². The van der Waals surface area contributed by atoms with Crippen molar-refractivity contribution < 1.29 is 0 Å². The summed E-state index contributed by atoms with van der Waals surface area (Å²) in [6.07, 6.45) is 2.58. The Labute approximate surface area is 79.3 Å². The van der Waals surface area contributed by atoms with Crippen LogP contribution < -0.4 is 0 Å². The fraction of sp³-hybridized carbons (Fsp3) is 1.00. The van der Waals surface area contributed by atoms with Gasteiger partial charge in [-0.2, -0.15) is 0 Å². The highest BCUT2D eigenvalue weighted by atomic mass is 79.9. The topological polar surface area (TPSA) is 3.24 Å². The van der Waals surface area contributed by atoms with Gasteiger partial charge in [0.05, 0.1) is 0 Å². The standard InChI is InChI=1S/C9H20BrN/c1-9(2)5-8-11(3)7-4-6-10/h9H,4-8H2,1-3H3. The number of hydrogen-bond donors (Lipinski definition) is 0. The maximum Gasteiger partial charge on any atom is 0.00434 e. The Morgan fingerprint density at radius 3 is 2.36 bits per heavy atom. The van der Waals surface area contributed by atoms with Gasteiger partial charge in [-0.05, 0) is 38.9 Å². The van der Waals surface area contributed by atoms with Gasteiger partial charge in [0.2, 0.25) is 0 Å². The minimum Gasteiger partial charge on any atom is -0.306 e. The molecule has 0 radical (unpaired) electrons. The average molecular weight is 222 g/mol. The van der Waals surface area contributed by atoms with Gasteiger partial charge in [-0.25, -0.2) is 0 Å². The second-order valence-corrected chi connectivity index (χ2v) is 4.32. The van der Waals surface area contributed by atoms with Gasteiger partial charge < -0.3 is 4.90 Å². The molecule has 0 spiro atoms. The largest absolute Gasteiger partial charge is 0.306 e. The normalized spacial score (nSPS) is 11.5. The van der Waals surface area contributed by atoms with Crippen molar-refractivity contribution >= 4 is 15.9 Å². The molecule has 0 aliphatic heterocycles. The molecule has 0 saturated carbocycles. The maximum atomic E-state index is 3.43. The minimum atomic E-state index is 0.835. The first-order valence-corrected chi connectivity index (χ1v) is 5.53. The lowest BCUT2D eigenvalue weighted by molar-refractivity contribution is 0.312. The van der Waals surface area contributed by atoms with Crippen molar-refractivity contribution in [3.8, 4) is 0 Å². The Kier molecular flexibility index (Phi) is 7.39. The van der Waals surface area contributed by atoms with Gasteiger partial charge in [-0.3, -0.25) is 0 Å². The molecule has 0 heterocycles. The van der Waals surface area contributed by atoms with E-state index in [0.29, 0.717) is 0 Å². The number of alkyl halides is 1. The molecule has 1 nitrogen and oxygen atoms in total. The fourth-order valence-electron chi connectivity index (χ4n) is 0.920. The number of halogens is 1. The average Bonchev–Trinajstić information content (AvgIpc) is 1.97. The molecule has 0 aromatic rings. The second-order valence-electron chi connectivity index (χ2n) is 3.53. The molecule has 2 heteroatoms. The highest BCUT2D eigenvalue weighted by Crippen LogP contribution is 2.01. The maximum absolute atomic E-state index is 3.43. The van der Waals surface area contributed by atoms with Crippen LogP contribution in [-0.4, -0.2) is 30.4 Å². The summed E-state index contributed by atoms with van der Waals surface area (Å²) in [4.78, 5) is 2.40. The van der Waals surface area contributed by atoms with E-state index in [1.54, 1.807) is 0 Å². The first kappa shape index (κ1) is 11.4. The van der Waals surface area contributed by atoms with Gasteiger partial charge >= 0.3 is 0 Å². The van der Waals surface area contributed by atoms with Crippen LogP contribution in [0.5, 0.6) is 0 Å². The van der Waals surface area contributed by atoms with Crippen molar-refractivity contribution in [2.75, 3.05) is 25.5 Å². The summed E-state index contributed by atoms with van der Waals surface area (Å²) in [5.41, 5.74) is 0. The van der Waals surface area contributed by atoms with E-state index >= 15 is 0 Å². The van der Waals surface area contributed by atoms with E-state index < -0.39 is 0 Å². The zero-order chi connectivity index (χ0) is 8.69.